The lowest BCUT2D eigenvalue weighted by molar-refractivity contribution is 0.216. The summed E-state index contributed by atoms with van der Waals surface area (Å²) >= 11 is 0. The Morgan fingerprint density at radius 2 is 1.56 bits per heavy atom. The molecule has 0 saturated carbocycles. The Kier molecular flexibility index (Phi) is 13.2. The van der Waals surface area contributed by atoms with E-state index in [2.05, 4.69) is 43.6 Å². The van der Waals surface area contributed by atoms with Gasteiger partial charge in [-0.15, -0.1) is 0 Å². The van der Waals surface area contributed by atoms with Crippen molar-refractivity contribution in [2.75, 3.05) is 20.3 Å². The van der Waals surface area contributed by atoms with E-state index in [4.69, 9.17) is 0 Å². The number of unbranched alkanes of at least 4 members (excludes halogenated alkanes) is 6. The lowest BCUT2D eigenvalue weighted by Gasteiger charge is -2.20. The summed E-state index contributed by atoms with van der Waals surface area (Å²) in [6, 6.07) is 0.601. The maximum atomic E-state index is 3.44. The topological polar surface area (TPSA) is 27.3 Å². The van der Waals surface area contributed by atoms with Gasteiger partial charge in [-0.1, -0.05) is 52.4 Å². The molecule has 1 atom stereocenters. The van der Waals surface area contributed by atoms with Crippen molar-refractivity contribution in [2.24, 2.45) is 0 Å². The molecule has 0 fully saturated rings. The molecule has 0 radical (unpaired) electrons. The summed E-state index contributed by atoms with van der Waals surface area (Å²) in [6.45, 7) is 8.73. The molecular formula is C15H35N3. The summed E-state index contributed by atoms with van der Waals surface area (Å²) < 4.78 is 0. The Hall–Kier alpha value is -0.120. The van der Waals surface area contributed by atoms with Gasteiger partial charge in [0, 0.05) is 19.6 Å². The van der Waals surface area contributed by atoms with Gasteiger partial charge in [-0.25, -0.2) is 10.4 Å². The standard InChI is InChI=1S/C15H35N3/c1-5-7-8-9-10-11-12-13-18(4)17-14-16-15(3)6-2/h15-17H,5-14H2,1-4H3. The number of hydrogen-bond donors (Lipinski definition) is 2. The zero-order valence-electron chi connectivity index (χ0n) is 13.1. The first kappa shape index (κ1) is 17.9. The quantitative estimate of drug-likeness (QED) is 0.300. The average molecular weight is 257 g/mol. The Morgan fingerprint density at radius 3 is 2.17 bits per heavy atom. The highest BCUT2D eigenvalue weighted by atomic mass is 15.5. The second-order valence-electron chi connectivity index (χ2n) is 5.39. The summed E-state index contributed by atoms with van der Waals surface area (Å²) in [5, 5.41) is 5.64. The van der Waals surface area contributed by atoms with Gasteiger partial charge >= 0.3 is 0 Å². The first-order valence-electron chi connectivity index (χ1n) is 7.88. The van der Waals surface area contributed by atoms with Crippen molar-refractivity contribution >= 4 is 0 Å². The van der Waals surface area contributed by atoms with E-state index >= 15 is 0 Å². The van der Waals surface area contributed by atoms with E-state index in [9.17, 15) is 0 Å². The monoisotopic (exact) mass is 257 g/mol. The van der Waals surface area contributed by atoms with Crippen LogP contribution in [0.2, 0.25) is 0 Å². The summed E-state index contributed by atoms with van der Waals surface area (Å²) in [7, 11) is 2.13. The number of hydrazine groups is 1. The third kappa shape index (κ3) is 12.3. The highest BCUT2D eigenvalue weighted by Crippen LogP contribution is 2.06. The SMILES string of the molecule is CCCCCCCCCN(C)NCNC(C)CC. The van der Waals surface area contributed by atoms with E-state index in [1.165, 1.54) is 51.4 Å². The average Bonchev–Trinajstić information content (AvgIpc) is 2.37. The molecule has 0 rings (SSSR count). The number of nitrogens with zero attached hydrogens (tertiary/aromatic N) is 1. The third-order valence-corrected chi connectivity index (χ3v) is 3.51. The first-order valence-corrected chi connectivity index (χ1v) is 7.88. The van der Waals surface area contributed by atoms with Gasteiger partial charge in [-0.3, -0.25) is 0 Å². The van der Waals surface area contributed by atoms with Gasteiger partial charge in [-0.05, 0) is 19.8 Å². The maximum absolute atomic E-state index is 3.44. The molecule has 18 heavy (non-hydrogen) atoms. The van der Waals surface area contributed by atoms with Crippen molar-refractivity contribution in [1.29, 1.82) is 0 Å². The maximum Gasteiger partial charge on any atom is 0.0594 e. The van der Waals surface area contributed by atoms with Crippen molar-refractivity contribution in [3.05, 3.63) is 0 Å². The van der Waals surface area contributed by atoms with Crippen LogP contribution in [-0.2, 0) is 0 Å². The first-order chi connectivity index (χ1) is 8.70. The van der Waals surface area contributed by atoms with Crippen molar-refractivity contribution in [1.82, 2.24) is 15.8 Å². The zero-order chi connectivity index (χ0) is 13.6. The molecule has 0 saturated heterocycles. The Bertz CT molecular complexity index is 162. The van der Waals surface area contributed by atoms with Gasteiger partial charge in [0.25, 0.3) is 0 Å². The molecule has 0 bridgehead atoms. The second kappa shape index (κ2) is 13.3. The van der Waals surface area contributed by atoms with Gasteiger partial charge < -0.3 is 5.32 Å². The van der Waals surface area contributed by atoms with Gasteiger partial charge in [0.1, 0.15) is 0 Å². The van der Waals surface area contributed by atoms with Gasteiger partial charge in [0.15, 0.2) is 0 Å². The fourth-order valence-corrected chi connectivity index (χ4v) is 1.88. The molecule has 0 aliphatic heterocycles. The third-order valence-electron chi connectivity index (χ3n) is 3.51. The summed E-state index contributed by atoms with van der Waals surface area (Å²) in [5.41, 5.74) is 3.38. The van der Waals surface area contributed by atoms with Crippen LogP contribution in [0.3, 0.4) is 0 Å². The predicted octanol–water partition coefficient (Wildman–Crippen LogP) is 3.52. The molecule has 0 spiro atoms. The Labute approximate surface area is 115 Å². The van der Waals surface area contributed by atoms with Crippen molar-refractivity contribution in [3.8, 4) is 0 Å². The smallest absolute Gasteiger partial charge is 0.0594 e. The van der Waals surface area contributed by atoms with Gasteiger partial charge in [-0.2, -0.15) is 0 Å². The molecule has 0 amide bonds. The predicted molar refractivity (Wildman–Crippen MR) is 81.5 cm³/mol. The van der Waals surface area contributed by atoms with Crippen molar-refractivity contribution < 1.29 is 0 Å². The summed E-state index contributed by atoms with van der Waals surface area (Å²) in [4.78, 5) is 0. The molecule has 0 aromatic heterocycles. The molecule has 0 aromatic carbocycles. The number of rotatable bonds is 13. The highest BCUT2D eigenvalue weighted by molar-refractivity contribution is 4.55. The van der Waals surface area contributed by atoms with Gasteiger partial charge in [0.05, 0.1) is 6.67 Å². The molecule has 3 nitrogen and oxygen atoms in total. The van der Waals surface area contributed by atoms with Crippen LogP contribution in [0.25, 0.3) is 0 Å². The van der Waals surface area contributed by atoms with E-state index in [-0.39, 0.29) is 0 Å². The van der Waals surface area contributed by atoms with Crippen LogP contribution in [-0.4, -0.2) is 31.3 Å². The Morgan fingerprint density at radius 1 is 0.944 bits per heavy atom. The van der Waals surface area contributed by atoms with Crippen LogP contribution in [0.5, 0.6) is 0 Å². The molecule has 3 heteroatoms. The molecule has 0 aromatic rings. The number of nitrogens with one attached hydrogen (secondary N) is 2. The van der Waals surface area contributed by atoms with Gasteiger partial charge in [0.2, 0.25) is 0 Å². The van der Waals surface area contributed by atoms with E-state index in [0.29, 0.717) is 6.04 Å². The van der Waals surface area contributed by atoms with Crippen LogP contribution in [0.15, 0.2) is 0 Å². The lowest BCUT2D eigenvalue weighted by atomic mass is 10.1. The molecule has 2 N–H and O–H groups in total. The molecule has 110 valence electrons. The minimum absolute atomic E-state index is 0.601. The van der Waals surface area contributed by atoms with Crippen molar-refractivity contribution in [2.45, 2.75) is 78.2 Å². The normalized spacial score (nSPS) is 13.2. The zero-order valence-corrected chi connectivity index (χ0v) is 13.1. The van der Waals surface area contributed by atoms with Crippen LogP contribution in [0.1, 0.15) is 72.1 Å². The van der Waals surface area contributed by atoms with E-state index in [0.717, 1.165) is 13.2 Å². The fraction of sp³-hybridized carbons (Fsp3) is 1.00. The molecule has 0 heterocycles. The largest absolute Gasteiger partial charge is 0.301 e. The minimum atomic E-state index is 0.601. The van der Waals surface area contributed by atoms with E-state index in [1.807, 2.05) is 0 Å². The molecule has 1 unspecified atom stereocenters. The molecular weight excluding hydrogens is 222 g/mol. The number of hydrogen-bond acceptors (Lipinski definition) is 3. The summed E-state index contributed by atoms with van der Waals surface area (Å²) in [6.07, 6.45) is 10.8. The fourth-order valence-electron chi connectivity index (χ4n) is 1.88. The lowest BCUT2D eigenvalue weighted by Crippen LogP contribution is -2.43. The van der Waals surface area contributed by atoms with E-state index in [1.54, 1.807) is 0 Å². The van der Waals surface area contributed by atoms with Crippen LogP contribution < -0.4 is 10.7 Å². The van der Waals surface area contributed by atoms with Crippen molar-refractivity contribution in [3.63, 3.8) is 0 Å². The minimum Gasteiger partial charge on any atom is -0.301 e. The second-order valence-corrected chi connectivity index (χ2v) is 5.39. The Balaban J connectivity index is 3.19. The van der Waals surface area contributed by atoms with Crippen LogP contribution in [0, 0.1) is 0 Å². The highest BCUT2D eigenvalue weighted by Gasteiger charge is 1.99. The molecule has 0 aliphatic carbocycles. The van der Waals surface area contributed by atoms with E-state index < -0.39 is 0 Å². The van der Waals surface area contributed by atoms with Crippen LogP contribution in [0.4, 0.5) is 0 Å². The van der Waals surface area contributed by atoms with Crippen LogP contribution >= 0.6 is 0 Å². The molecule has 0 aliphatic rings. The summed E-state index contributed by atoms with van der Waals surface area (Å²) in [5.74, 6) is 0.